The van der Waals surface area contributed by atoms with Gasteiger partial charge in [-0.25, -0.2) is 0 Å². The molecule has 1 atom stereocenters. The number of nitrogens with one attached hydrogen (secondary N) is 1. The predicted octanol–water partition coefficient (Wildman–Crippen LogP) is 2.11. The lowest BCUT2D eigenvalue weighted by atomic mass is 9.96. The van der Waals surface area contributed by atoms with Gasteiger partial charge in [-0.15, -0.1) is 0 Å². The van der Waals surface area contributed by atoms with Gasteiger partial charge in [-0.2, -0.15) is 0 Å². The summed E-state index contributed by atoms with van der Waals surface area (Å²) < 4.78 is 4.73. The molecule has 1 aromatic heterocycles. The Hall–Kier alpha value is -2.10. The molecule has 0 fully saturated rings. The molecule has 0 bridgehead atoms. The number of methoxy groups -OCH3 is 1. The van der Waals surface area contributed by atoms with Crippen molar-refractivity contribution in [1.29, 1.82) is 0 Å². The van der Waals surface area contributed by atoms with Crippen LogP contribution in [0, 0.1) is 6.92 Å². The molecule has 2 aromatic rings. The Morgan fingerprint density at radius 2 is 2.06 bits per heavy atom. The van der Waals surface area contributed by atoms with Crippen LogP contribution in [-0.2, 0) is 9.53 Å². The number of ether oxygens (including phenoxy) is 1. The molecule has 0 saturated heterocycles. The van der Waals surface area contributed by atoms with Crippen LogP contribution in [0.4, 0.5) is 0 Å². The molecular formula is C14H15NO3. The van der Waals surface area contributed by atoms with Crippen molar-refractivity contribution in [3.8, 4) is 0 Å². The number of aromatic amines is 1. The van der Waals surface area contributed by atoms with Gasteiger partial charge in [0, 0.05) is 17.0 Å². The highest BCUT2D eigenvalue weighted by atomic mass is 16.5. The second-order valence-electron chi connectivity index (χ2n) is 4.38. The highest BCUT2D eigenvalue weighted by Crippen LogP contribution is 2.24. The fraction of sp³-hybridized carbons (Fsp3) is 0.286. The van der Waals surface area contributed by atoms with Crippen LogP contribution in [0.3, 0.4) is 0 Å². The smallest absolute Gasteiger partial charge is 0.312 e. The zero-order chi connectivity index (χ0) is 13.3. The highest BCUT2D eigenvalue weighted by Gasteiger charge is 2.19. The van der Waals surface area contributed by atoms with Gasteiger partial charge in [0.15, 0.2) is 0 Å². The standard InChI is InChI=1S/C14H15NO3/c1-8-4-5-12-11(6-8)10(7-13(16)15-12)9(2)14(17)18-3/h4-7,9H,1-3H3,(H,15,16). The number of carbonyl (C=O) groups is 1. The largest absolute Gasteiger partial charge is 0.469 e. The second kappa shape index (κ2) is 4.64. The number of carbonyl (C=O) groups excluding carboxylic acids is 1. The molecule has 0 saturated carbocycles. The fourth-order valence-electron chi connectivity index (χ4n) is 2.06. The summed E-state index contributed by atoms with van der Waals surface area (Å²) in [5.74, 6) is -0.801. The molecule has 2 rings (SSSR count). The Bertz CT molecular complexity index is 658. The third-order valence-corrected chi connectivity index (χ3v) is 3.05. The van der Waals surface area contributed by atoms with E-state index in [0.29, 0.717) is 5.56 Å². The lowest BCUT2D eigenvalue weighted by Gasteiger charge is -2.12. The number of esters is 1. The summed E-state index contributed by atoms with van der Waals surface area (Å²) >= 11 is 0. The number of benzene rings is 1. The number of pyridine rings is 1. The summed E-state index contributed by atoms with van der Waals surface area (Å²) in [5, 5.41) is 0.882. The van der Waals surface area contributed by atoms with E-state index in [1.165, 1.54) is 13.2 Å². The minimum atomic E-state index is -0.457. The molecular weight excluding hydrogens is 230 g/mol. The predicted molar refractivity (Wildman–Crippen MR) is 69.7 cm³/mol. The maximum Gasteiger partial charge on any atom is 0.312 e. The van der Waals surface area contributed by atoms with E-state index in [1.807, 2.05) is 25.1 Å². The van der Waals surface area contributed by atoms with Crippen molar-refractivity contribution in [1.82, 2.24) is 4.98 Å². The van der Waals surface area contributed by atoms with Crippen molar-refractivity contribution in [3.05, 3.63) is 45.7 Å². The van der Waals surface area contributed by atoms with E-state index in [2.05, 4.69) is 4.98 Å². The van der Waals surface area contributed by atoms with Gasteiger partial charge >= 0.3 is 5.97 Å². The van der Waals surface area contributed by atoms with Crippen molar-refractivity contribution in [2.45, 2.75) is 19.8 Å². The van der Waals surface area contributed by atoms with Gasteiger partial charge in [0.2, 0.25) is 5.56 Å². The van der Waals surface area contributed by atoms with E-state index in [-0.39, 0.29) is 11.5 Å². The Labute approximate surface area is 105 Å². The third-order valence-electron chi connectivity index (χ3n) is 3.05. The zero-order valence-electron chi connectivity index (χ0n) is 10.6. The molecule has 94 valence electrons. The summed E-state index contributed by atoms with van der Waals surface area (Å²) in [7, 11) is 1.35. The Balaban J connectivity index is 2.72. The van der Waals surface area contributed by atoms with Crippen LogP contribution >= 0.6 is 0 Å². The van der Waals surface area contributed by atoms with Crippen LogP contribution in [0.2, 0.25) is 0 Å². The molecule has 0 radical (unpaired) electrons. The number of rotatable bonds is 2. The van der Waals surface area contributed by atoms with E-state index in [0.717, 1.165) is 16.5 Å². The summed E-state index contributed by atoms with van der Waals surface area (Å²) in [6.45, 7) is 3.71. The molecule has 0 aliphatic carbocycles. The van der Waals surface area contributed by atoms with Gasteiger partial charge in [-0.1, -0.05) is 11.6 Å². The minimum Gasteiger partial charge on any atom is -0.469 e. The molecule has 0 aliphatic rings. The lowest BCUT2D eigenvalue weighted by Crippen LogP contribution is -2.15. The van der Waals surface area contributed by atoms with Crippen LogP contribution in [0.25, 0.3) is 10.9 Å². The van der Waals surface area contributed by atoms with Crippen LogP contribution in [0.5, 0.6) is 0 Å². The first kappa shape index (κ1) is 12.4. The average Bonchev–Trinajstić information content (AvgIpc) is 2.36. The number of aromatic nitrogens is 1. The first-order valence-corrected chi connectivity index (χ1v) is 5.74. The third kappa shape index (κ3) is 2.14. The number of H-pyrrole nitrogens is 1. The molecule has 1 aromatic carbocycles. The van der Waals surface area contributed by atoms with Crippen molar-refractivity contribution < 1.29 is 9.53 Å². The monoisotopic (exact) mass is 245 g/mol. The van der Waals surface area contributed by atoms with Gasteiger partial charge in [0.1, 0.15) is 0 Å². The molecule has 4 nitrogen and oxygen atoms in total. The van der Waals surface area contributed by atoms with Gasteiger partial charge in [-0.3, -0.25) is 9.59 Å². The highest BCUT2D eigenvalue weighted by molar-refractivity contribution is 5.89. The van der Waals surface area contributed by atoms with Crippen molar-refractivity contribution in [2.24, 2.45) is 0 Å². The fourth-order valence-corrected chi connectivity index (χ4v) is 2.06. The van der Waals surface area contributed by atoms with Crippen molar-refractivity contribution >= 4 is 16.9 Å². The molecule has 1 unspecified atom stereocenters. The molecule has 1 N–H and O–H groups in total. The molecule has 18 heavy (non-hydrogen) atoms. The number of aryl methyl sites for hydroxylation is 1. The number of hydrogen-bond donors (Lipinski definition) is 1. The van der Waals surface area contributed by atoms with E-state index in [4.69, 9.17) is 4.74 Å². The first-order chi connectivity index (χ1) is 8.52. The quantitative estimate of drug-likeness (QED) is 0.824. The van der Waals surface area contributed by atoms with Crippen LogP contribution in [0.15, 0.2) is 29.1 Å². The Morgan fingerprint density at radius 3 is 2.72 bits per heavy atom. The average molecular weight is 245 g/mol. The maximum absolute atomic E-state index is 11.6. The summed E-state index contributed by atoms with van der Waals surface area (Å²) in [6.07, 6.45) is 0. The van der Waals surface area contributed by atoms with Crippen LogP contribution < -0.4 is 5.56 Å². The maximum atomic E-state index is 11.6. The summed E-state index contributed by atoms with van der Waals surface area (Å²) in [5.41, 5.74) is 2.30. The van der Waals surface area contributed by atoms with Crippen LogP contribution in [0.1, 0.15) is 24.0 Å². The summed E-state index contributed by atoms with van der Waals surface area (Å²) in [6, 6.07) is 7.19. The molecule has 4 heteroatoms. The van der Waals surface area contributed by atoms with Gasteiger partial charge in [0.05, 0.1) is 13.0 Å². The molecule has 1 heterocycles. The number of hydrogen-bond acceptors (Lipinski definition) is 3. The van der Waals surface area contributed by atoms with Crippen molar-refractivity contribution in [2.75, 3.05) is 7.11 Å². The normalized spacial score (nSPS) is 12.4. The Morgan fingerprint density at radius 1 is 1.33 bits per heavy atom. The van der Waals surface area contributed by atoms with E-state index in [1.54, 1.807) is 6.92 Å². The van der Waals surface area contributed by atoms with E-state index >= 15 is 0 Å². The molecule has 0 aliphatic heterocycles. The van der Waals surface area contributed by atoms with Crippen LogP contribution in [-0.4, -0.2) is 18.1 Å². The number of fused-ring (bicyclic) bond motifs is 1. The van der Waals surface area contributed by atoms with E-state index < -0.39 is 5.92 Å². The van der Waals surface area contributed by atoms with E-state index in [9.17, 15) is 9.59 Å². The second-order valence-corrected chi connectivity index (χ2v) is 4.38. The summed E-state index contributed by atoms with van der Waals surface area (Å²) in [4.78, 5) is 26.0. The topological polar surface area (TPSA) is 59.2 Å². The van der Waals surface area contributed by atoms with Gasteiger partial charge in [-0.05, 0) is 31.5 Å². The molecule has 0 spiro atoms. The lowest BCUT2D eigenvalue weighted by molar-refractivity contribution is -0.141. The van der Waals surface area contributed by atoms with Gasteiger partial charge < -0.3 is 9.72 Å². The zero-order valence-corrected chi connectivity index (χ0v) is 10.6. The first-order valence-electron chi connectivity index (χ1n) is 5.74. The van der Waals surface area contributed by atoms with Crippen molar-refractivity contribution in [3.63, 3.8) is 0 Å². The minimum absolute atomic E-state index is 0.211. The molecule has 0 amide bonds. The SMILES string of the molecule is COC(=O)C(C)c1cc(=O)[nH]c2ccc(C)cc12. The van der Waals surface area contributed by atoms with Gasteiger partial charge in [0.25, 0.3) is 0 Å². The Kier molecular flexibility index (Phi) is 3.19.